The molecule has 0 aliphatic heterocycles. The minimum absolute atomic E-state index is 0.195. The van der Waals surface area contributed by atoms with Crippen molar-refractivity contribution in [2.45, 2.75) is 104 Å². The number of amides is 1. The van der Waals surface area contributed by atoms with Crippen LogP contribution in [0.15, 0.2) is 22.5 Å². The fraction of sp³-hybridized carbons (Fsp3) is 0.720. The number of nitrogens with zero attached hydrogens (tertiary/aromatic N) is 1. The molecular formula is C25H42BrNOS. The zero-order chi connectivity index (χ0) is 21.5. The maximum atomic E-state index is 12.8. The molecule has 29 heavy (non-hydrogen) atoms. The number of unbranched alkanes of at least 4 members (excludes halogenated alkanes) is 8. The van der Waals surface area contributed by atoms with Crippen LogP contribution in [0.1, 0.15) is 109 Å². The summed E-state index contributed by atoms with van der Waals surface area (Å²) in [5, 5.41) is 0. The Morgan fingerprint density at radius 1 is 0.966 bits per heavy atom. The Hall–Kier alpha value is -0.610. The van der Waals surface area contributed by atoms with Crippen LogP contribution in [0.2, 0.25) is 0 Å². The van der Waals surface area contributed by atoms with E-state index < -0.39 is 0 Å². The van der Waals surface area contributed by atoms with Crippen LogP contribution in [0.3, 0.4) is 0 Å². The fourth-order valence-electron chi connectivity index (χ4n) is 3.81. The Balaban J connectivity index is 2.71. The molecular weight excluding hydrogens is 442 g/mol. The van der Waals surface area contributed by atoms with Crippen LogP contribution in [-0.2, 0) is 4.79 Å². The summed E-state index contributed by atoms with van der Waals surface area (Å²) in [5.74, 6) is 0.773. The molecule has 1 rings (SSSR count). The van der Waals surface area contributed by atoms with E-state index in [0.29, 0.717) is 12.3 Å². The van der Waals surface area contributed by atoms with Crippen molar-refractivity contribution in [2.75, 3.05) is 6.54 Å². The maximum absolute atomic E-state index is 12.8. The molecule has 166 valence electrons. The number of hydrogen-bond donors (Lipinski definition) is 0. The summed E-state index contributed by atoms with van der Waals surface area (Å²) < 4.78 is 1.08. The minimum atomic E-state index is 0.195. The number of carbonyl (C=O) groups excluding carboxylic acids is 1. The van der Waals surface area contributed by atoms with Gasteiger partial charge >= 0.3 is 0 Å². The first kappa shape index (κ1) is 26.4. The number of carbonyl (C=O) groups is 1. The van der Waals surface area contributed by atoms with Gasteiger partial charge in [0.1, 0.15) is 0 Å². The monoisotopic (exact) mass is 483 g/mol. The Bertz CT molecular complexity index is 583. The molecule has 2 nitrogen and oxygen atoms in total. The lowest BCUT2D eigenvalue weighted by molar-refractivity contribution is -0.128. The molecule has 0 radical (unpaired) electrons. The third-order valence-electron chi connectivity index (χ3n) is 5.66. The summed E-state index contributed by atoms with van der Waals surface area (Å²) in [7, 11) is 0. The van der Waals surface area contributed by atoms with Gasteiger partial charge in [-0.15, -0.1) is 11.3 Å². The van der Waals surface area contributed by atoms with Crippen LogP contribution in [0.5, 0.6) is 0 Å². The lowest BCUT2D eigenvalue weighted by atomic mass is 9.93. The van der Waals surface area contributed by atoms with E-state index in [4.69, 9.17) is 0 Å². The van der Waals surface area contributed by atoms with Crippen LogP contribution in [0.25, 0.3) is 5.70 Å². The molecule has 4 heteroatoms. The molecule has 1 atom stereocenters. The van der Waals surface area contributed by atoms with E-state index in [1.54, 1.807) is 11.3 Å². The number of rotatable bonds is 17. The average Bonchev–Trinajstić information content (AvgIpc) is 3.16. The molecule has 1 unspecified atom stereocenters. The largest absolute Gasteiger partial charge is 0.311 e. The summed E-state index contributed by atoms with van der Waals surface area (Å²) in [6.45, 7) is 11.6. The van der Waals surface area contributed by atoms with Crippen LogP contribution < -0.4 is 0 Å². The van der Waals surface area contributed by atoms with E-state index in [1.807, 2.05) is 17.9 Å². The van der Waals surface area contributed by atoms with Crippen LogP contribution in [0.4, 0.5) is 0 Å². The summed E-state index contributed by atoms with van der Waals surface area (Å²) >= 11 is 5.19. The molecule has 0 bridgehead atoms. The highest BCUT2D eigenvalue weighted by Gasteiger charge is 2.22. The number of hydrogen-bond acceptors (Lipinski definition) is 2. The lowest BCUT2D eigenvalue weighted by Crippen LogP contribution is -2.33. The van der Waals surface area contributed by atoms with Crippen LogP contribution >= 0.6 is 27.3 Å². The third kappa shape index (κ3) is 10.8. The van der Waals surface area contributed by atoms with Crippen molar-refractivity contribution in [3.8, 4) is 0 Å². The molecule has 1 heterocycles. The van der Waals surface area contributed by atoms with E-state index >= 15 is 0 Å². The molecule has 1 amide bonds. The highest BCUT2D eigenvalue weighted by molar-refractivity contribution is 9.11. The second-order valence-corrected chi connectivity index (χ2v) is 10.6. The van der Waals surface area contributed by atoms with Crippen molar-refractivity contribution in [1.29, 1.82) is 0 Å². The second kappa shape index (κ2) is 16.1. The second-order valence-electron chi connectivity index (χ2n) is 8.18. The molecule has 0 saturated carbocycles. The summed E-state index contributed by atoms with van der Waals surface area (Å²) in [5.41, 5.74) is 0.869. The highest BCUT2D eigenvalue weighted by atomic mass is 79.9. The van der Waals surface area contributed by atoms with Gasteiger partial charge < -0.3 is 4.90 Å². The first-order valence-corrected chi connectivity index (χ1v) is 13.4. The maximum Gasteiger partial charge on any atom is 0.226 e. The van der Waals surface area contributed by atoms with Crippen molar-refractivity contribution in [3.63, 3.8) is 0 Å². The van der Waals surface area contributed by atoms with Crippen molar-refractivity contribution < 1.29 is 4.79 Å². The van der Waals surface area contributed by atoms with Crippen molar-refractivity contribution in [2.24, 2.45) is 5.92 Å². The molecule has 1 aromatic heterocycles. The first-order valence-electron chi connectivity index (χ1n) is 11.8. The Kier molecular flexibility index (Phi) is 14.7. The summed E-state index contributed by atoms with van der Waals surface area (Å²) in [6.07, 6.45) is 16.1. The highest BCUT2D eigenvalue weighted by Crippen LogP contribution is 2.31. The quantitative estimate of drug-likeness (QED) is 0.202. The van der Waals surface area contributed by atoms with Gasteiger partial charge in [0.2, 0.25) is 5.91 Å². The normalized spacial score (nSPS) is 12.1. The predicted octanol–water partition coefficient (Wildman–Crippen LogP) is 9.06. The number of thiophene rings is 1. The Morgan fingerprint density at radius 2 is 1.52 bits per heavy atom. The van der Waals surface area contributed by atoms with Gasteiger partial charge in [0.25, 0.3) is 0 Å². The number of halogens is 1. The Labute approximate surface area is 192 Å². The van der Waals surface area contributed by atoms with Gasteiger partial charge in [-0.05, 0) is 46.8 Å². The zero-order valence-electron chi connectivity index (χ0n) is 19.0. The molecule has 1 aromatic rings. The van der Waals surface area contributed by atoms with Gasteiger partial charge in [0.15, 0.2) is 0 Å². The van der Waals surface area contributed by atoms with E-state index in [-0.39, 0.29) is 5.91 Å². The van der Waals surface area contributed by atoms with E-state index in [2.05, 4.69) is 42.4 Å². The fourth-order valence-corrected chi connectivity index (χ4v) is 5.18. The van der Waals surface area contributed by atoms with Gasteiger partial charge in [0.05, 0.1) is 14.4 Å². The molecule has 0 aromatic carbocycles. The topological polar surface area (TPSA) is 20.3 Å². The van der Waals surface area contributed by atoms with E-state index in [0.717, 1.165) is 20.9 Å². The average molecular weight is 485 g/mol. The summed E-state index contributed by atoms with van der Waals surface area (Å²) in [6, 6.07) is 4.11. The third-order valence-corrected chi connectivity index (χ3v) is 7.33. The van der Waals surface area contributed by atoms with Crippen molar-refractivity contribution in [1.82, 2.24) is 4.90 Å². The Morgan fingerprint density at radius 3 is 2.03 bits per heavy atom. The van der Waals surface area contributed by atoms with E-state index in [1.165, 1.54) is 77.0 Å². The lowest BCUT2D eigenvalue weighted by Gasteiger charge is -2.29. The van der Waals surface area contributed by atoms with Gasteiger partial charge in [-0.25, -0.2) is 0 Å². The van der Waals surface area contributed by atoms with Crippen LogP contribution in [-0.4, -0.2) is 17.4 Å². The minimum Gasteiger partial charge on any atom is -0.311 e. The van der Waals surface area contributed by atoms with Gasteiger partial charge in [-0.1, -0.05) is 91.6 Å². The SMILES string of the molecule is C=C(c1ccc(Br)s1)N(CC(CCCCCC)CCCCCCCC)C(=O)CC. The molecule has 0 aliphatic carbocycles. The smallest absolute Gasteiger partial charge is 0.226 e. The molecule has 0 fully saturated rings. The van der Waals surface area contributed by atoms with Gasteiger partial charge in [0, 0.05) is 13.0 Å². The predicted molar refractivity (Wildman–Crippen MR) is 133 cm³/mol. The summed E-state index contributed by atoms with van der Waals surface area (Å²) in [4.78, 5) is 15.8. The van der Waals surface area contributed by atoms with Crippen LogP contribution in [0, 0.1) is 5.92 Å². The van der Waals surface area contributed by atoms with Crippen molar-refractivity contribution in [3.05, 3.63) is 27.4 Å². The molecule has 0 spiro atoms. The molecule has 0 aliphatic rings. The molecule has 0 N–H and O–H groups in total. The van der Waals surface area contributed by atoms with Crippen molar-refractivity contribution >= 4 is 38.9 Å². The first-order chi connectivity index (χ1) is 14.0. The standard InChI is InChI=1S/C25H42BrNOS/c1-5-8-10-12-13-15-17-22(16-14-11-9-6-2)20-27(25(28)7-3)21(4)23-18-19-24(26)29-23/h18-19,22H,4-17,20H2,1-3H3. The zero-order valence-corrected chi connectivity index (χ0v) is 21.4. The molecule has 0 saturated heterocycles. The van der Waals surface area contributed by atoms with Gasteiger partial charge in [-0.3, -0.25) is 4.79 Å². The van der Waals surface area contributed by atoms with E-state index in [9.17, 15) is 4.79 Å². The van der Waals surface area contributed by atoms with Gasteiger partial charge in [-0.2, -0.15) is 0 Å².